The fraction of sp³-hybridized carbons (Fsp3) is 0.700. The largest absolute Gasteiger partial charge is 0.493 e. The van der Waals surface area contributed by atoms with E-state index in [0.29, 0.717) is 11.8 Å². The predicted octanol–water partition coefficient (Wildman–Crippen LogP) is 0.881. The minimum Gasteiger partial charge on any atom is -0.493 e. The molecule has 2 N–H and O–H groups in total. The van der Waals surface area contributed by atoms with Gasteiger partial charge in [-0.05, 0) is 25.3 Å². The highest BCUT2D eigenvalue weighted by atomic mass is 16.5. The van der Waals surface area contributed by atoms with Crippen LogP contribution in [0.15, 0.2) is 6.20 Å². The van der Waals surface area contributed by atoms with E-state index < -0.39 is 0 Å². The molecule has 0 spiro atoms. The van der Waals surface area contributed by atoms with Crippen molar-refractivity contribution in [1.29, 1.82) is 0 Å². The molecule has 4 heteroatoms. The molecule has 78 valence electrons. The summed E-state index contributed by atoms with van der Waals surface area (Å²) >= 11 is 0. The standard InChI is InChI=1S/C10H17N3O/c1-13-10(9(14-2)6-12-13)8-4-3-7(8)5-11/h6-8H,3-5,11H2,1-2H3. The molecule has 2 rings (SSSR count). The van der Waals surface area contributed by atoms with Gasteiger partial charge >= 0.3 is 0 Å². The second-order valence-corrected chi connectivity index (χ2v) is 3.90. The maximum Gasteiger partial charge on any atom is 0.160 e. The van der Waals surface area contributed by atoms with Gasteiger partial charge in [0.15, 0.2) is 5.75 Å². The van der Waals surface area contributed by atoms with Crippen molar-refractivity contribution in [2.24, 2.45) is 18.7 Å². The number of hydrogen-bond acceptors (Lipinski definition) is 3. The first kappa shape index (κ1) is 9.52. The summed E-state index contributed by atoms with van der Waals surface area (Å²) in [5.74, 6) is 2.05. The summed E-state index contributed by atoms with van der Waals surface area (Å²) < 4.78 is 7.20. The van der Waals surface area contributed by atoms with Crippen LogP contribution in [0, 0.1) is 5.92 Å². The van der Waals surface area contributed by atoms with Crippen molar-refractivity contribution in [3.8, 4) is 5.75 Å². The Hall–Kier alpha value is -1.03. The molecule has 1 aliphatic rings. The zero-order chi connectivity index (χ0) is 10.1. The monoisotopic (exact) mass is 195 g/mol. The van der Waals surface area contributed by atoms with E-state index in [1.54, 1.807) is 13.3 Å². The van der Waals surface area contributed by atoms with E-state index in [2.05, 4.69) is 5.10 Å². The quantitative estimate of drug-likeness (QED) is 0.779. The number of nitrogens with zero attached hydrogens (tertiary/aromatic N) is 2. The zero-order valence-corrected chi connectivity index (χ0v) is 8.73. The van der Waals surface area contributed by atoms with Crippen molar-refractivity contribution in [3.05, 3.63) is 11.9 Å². The Labute approximate surface area is 84.0 Å². The van der Waals surface area contributed by atoms with Crippen LogP contribution >= 0.6 is 0 Å². The van der Waals surface area contributed by atoms with Gasteiger partial charge < -0.3 is 10.5 Å². The fourth-order valence-electron chi connectivity index (χ4n) is 2.22. The number of ether oxygens (including phenoxy) is 1. The van der Waals surface area contributed by atoms with Gasteiger partial charge in [0.25, 0.3) is 0 Å². The third-order valence-corrected chi connectivity index (χ3v) is 3.24. The van der Waals surface area contributed by atoms with Crippen molar-refractivity contribution >= 4 is 0 Å². The summed E-state index contributed by atoms with van der Waals surface area (Å²) in [6.45, 7) is 0.763. The molecule has 1 aliphatic carbocycles. The van der Waals surface area contributed by atoms with Gasteiger partial charge in [-0.1, -0.05) is 0 Å². The summed E-state index contributed by atoms with van der Waals surface area (Å²) in [4.78, 5) is 0. The number of rotatable bonds is 3. The van der Waals surface area contributed by atoms with Crippen LogP contribution in [0.5, 0.6) is 5.75 Å². The number of aryl methyl sites for hydroxylation is 1. The Kier molecular flexibility index (Phi) is 2.46. The lowest BCUT2D eigenvalue weighted by Crippen LogP contribution is -2.32. The van der Waals surface area contributed by atoms with Gasteiger partial charge in [-0.15, -0.1) is 0 Å². The zero-order valence-electron chi connectivity index (χ0n) is 8.73. The van der Waals surface area contributed by atoms with E-state index in [0.717, 1.165) is 12.3 Å². The highest BCUT2D eigenvalue weighted by Gasteiger charge is 2.35. The van der Waals surface area contributed by atoms with Gasteiger partial charge in [0.2, 0.25) is 0 Å². The Morgan fingerprint density at radius 3 is 2.93 bits per heavy atom. The van der Waals surface area contributed by atoms with Crippen LogP contribution in [0.3, 0.4) is 0 Å². The molecule has 2 unspecified atom stereocenters. The first-order chi connectivity index (χ1) is 6.77. The van der Waals surface area contributed by atoms with Gasteiger partial charge in [0.1, 0.15) is 0 Å². The average molecular weight is 195 g/mol. The van der Waals surface area contributed by atoms with Crippen LogP contribution in [0.1, 0.15) is 24.5 Å². The van der Waals surface area contributed by atoms with E-state index in [1.165, 1.54) is 18.5 Å². The maximum absolute atomic E-state index is 5.70. The molecule has 0 amide bonds. The third-order valence-electron chi connectivity index (χ3n) is 3.24. The predicted molar refractivity (Wildman–Crippen MR) is 54.3 cm³/mol. The maximum atomic E-state index is 5.70. The second kappa shape index (κ2) is 3.61. The highest BCUT2D eigenvalue weighted by molar-refractivity contribution is 5.30. The third kappa shape index (κ3) is 1.30. The van der Waals surface area contributed by atoms with Gasteiger partial charge in [-0.3, -0.25) is 4.68 Å². The molecule has 2 atom stereocenters. The molecule has 1 heterocycles. The van der Waals surface area contributed by atoms with E-state index >= 15 is 0 Å². The molecular weight excluding hydrogens is 178 g/mol. The Morgan fingerprint density at radius 2 is 2.43 bits per heavy atom. The van der Waals surface area contributed by atoms with E-state index in [-0.39, 0.29) is 0 Å². The summed E-state index contributed by atoms with van der Waals surface area (Å²) in [5, 5.41) is 4.21. The van der Waals surface area contributed by atoms with Crippen LogP contribution in [0.2, 0.25) is 0 Å². The van der Waals surface area contributed by atoms with Gasteiger partial charge in [0.05, 0.1) is 19.0 Å². The minimum atomic E-state index is 0.544. The molecule has 0 aliphatic heterocycles. The molecule has 0 saturated heterocycles. The molecule has 1 aromatic rings. The minimum absolute atomic E-state index is 0.544. The molecular formula is C10H17N3O. The van der Waals surface area contributed by atoms with Gasteiger partial charge in [0, 0.05) is 13.0 Å². The van der Waals surface area contributed by atoms with Crippen LogP contribution in [-0.4, -0.2) is 23.4 Å². The van der Waals surface area contributed by atoms with Gasteiger partial charge in [-0.2, -0.15) is 5.10 Å². The molecule has 1 saturated carbocycles. The first-order valence-electron chi connectivity index (χ1n) is 5.04. The molecule has 0 bridgehead atoms. The topological polar surface area (TPSA) is 53.1 Å². The Morgan fingerprint density at radius 1 is 1.64 bits per heavy atom. The van der Waals surface area contributed by atoms with Crippen molar-refractivity contribution in [3.63, 3.8) is 0 Å². The number of aromatic nitrogens is 2. The lowest BCUT2D eigenvalue weighted by Gasteiger charge is -2.36. The van der Waals surface area contributed by atoms with Gasteiger partial charge in [-0.25, -0.2) is 0 Å². The van der Waals surface area contributed by atoms with E-state index in [1.807, 2.05) is 11.7 Å². The fourth-order valence-corrected chi connectivity index (χ4v) is 2.22. The first-order valence-corrected chi connectivity index (χ1v) is 5.04. The smallest absolute Gasteiger partial charge is 0.160 e. The van der Waals surface area contributed by atoms with Crippen LogP contribution < -0.4 is 10.5 Å². The number of hydrogen-bond donors (Lipinski definition) is 1. The van der Waals surface area contributed by atoms with Crippen molar-refractivity contribution in [2.45, 2.75) is 18.8 Å². The van der Waals surface area contributed by atoms with Crippen molar-refractivity contribution in [2.75, 3.05) is 13.7 Å². The van der Waals surface area contributed by atoms with Crippen molar-refractivity contribution < 1.29 is 4.74 Å². The SMILES string of the molecule is COc1cnn(C)c1C1CCC1CN. The molecule has 0 radical (unpaired) electrons. The van der Waals surface area contributed by atoms with E-state index in [9.17, 15) is 0 Å². The molecule has 4 nitrogen and oxygen atoms in total. The average Bonchev–Trinajstić information content (AvgIpc) is 2.48. The second-order valence-electron chi connectivity index (χ2n) is 3.90. The molecule has 14 heavy (non-hydrogen) atoms. The van der Waals surface area contributed by atoms with Crippen LogP contribution in [0.4, 0.5) is 0 Å². The Bertz CT molecular complexity index is 319. The molecule has 1 fully saturated rings. The summed E-state index contributed by atoms with van der Waals surface area (Å²) in [6.07, 6.45) is 4.22. The van der Waals surface area contributed by atoms with Crippen molar-refractivity contribution in [1.82, 2.24) is 9.78 Å². The molecule has 0 aromatic carbocycles. The van der Waals surface area contributed by atoms with E-state index in [4.69, 9.17) is 10.5 Å². The lowest BCUT2D eigenvalue weighted by molar-refractivity contribution is 0.245. The summed E-state index contributed by atoms with van der Waals surface area (Å²) in [6, 6.07) is 0. The molecule has 1 aromatic heterocycles. The van der Waals surface area contributed by atoms with Crippen LogP contribution in [0.25, 0.3) is 0 Å². The summed E-state index contributed by atoms with van der Waals surface area (Å²) in [7, 11) is 3.65. The Balaban J connectivity index is 2.26. The summed E-state index contributed by atoms with van der Waals surface area (Å²) in [5.41, 5.74) is 6.90. The lowest BCUT2D eigenvalue weighted by atomic mass is 9.71. The number of nitrogens with two attached hydrogens (primary N) is 1. The number of methoxy groups -OCH3 is 1. The van der Waals surface area contributed by atoms with Crippen LogP contribution in [-0.2, 0) is 7.05 Å². The highest BCUT2D eigenvalue weighted by Crippen LogP contribution is 2.44. The normalized spacial score (nSPS) is 25.9.